The van der Waals surface area contributed by atoms with Crippen LogP contribution in [0.2, 0.25) is 0 Å². The van der Waals surface area contributed by atoms with E-state index in [4.69, 9.17) is 0 Å². The fourth-order valence-corrected chi connectivity index (χ4v) is 2.40. The Bertz CT molecular complexity index is 417. The Morgan fingerprint density at radius 2 is 1.74 bits per heavy atom. The van der Waals surface area contributed by atoms with E-state index in [-0.39, 0.29) is 5.97 Å². The number of carbonyl (C=O) groups excluding carboxylic acids is 1. The Morgan fingerprint density at radius 3 is 2.26 bits per heavy atom. The standard InChI is InChI=1S/C16H25NO2/c1-12-10-13(2)15(14(3)11-12)6-8-17(4)9-7-16(18)19-5/h10-11H,6-9H2,1-5H3. The van der Waals surface area contributed by atoms with Gasteiger partial charge in [-0.15, -0.1) is 0 Å². The van der Waals surface area contributed by atoms with Crippen molar-refractivity contribution >= 4 is 5.97 Å². The number of hydrogen-bond acceptors (Lipinski definition) is 3. The van der Waals surface area contributed by atoms with Crippen LogP contribution in [0.4, 0.5) is 0 Å². The van der Waals surface area contributed by atoms with Crippen molar-refractivity contribution in [2.45, 2.75) is 33.6 Å². The molecule has 1 rings (SSSR count). The molecule has 19 heavy (non-hydrogen) atoms. The molecule has 0 saturated heterocycles. The molecule has 0 N–H and O–H groups in total. The molecule has 0 atom stereocenters. The van der Waals surface area contributed by atoms with E-state index in [2.05, 4.69) is 42.5 Å². The highest BCUT2D eigenvalue weighted by atomic mass is 16.5. The number of benzene rings is 1. The SMILES string of the molecule is COC(=O)CCN(C)CCc1c(C)cc(C)cc1C. The molecule has 1 aromatic rings. The van der Waals surface area contributed by atoms with Crippen LogP contribution < -0.4 is 0 Å². The molecule has 0 aliphatic heterocycles. The molecule has 0 bridgehead atoms. The fraction of sp³-hybridized carbons (Fsp3) is 0.562. The quantitative estimate of drug-likeness (QED) is 0.739. The second kappa shape index (κ2) is 7.29. The molecule has 106 valence electrons. The lowest BCUT2D eigenvalue weighted by molar-refractivity contribution is -0.140. The molecule has 0 aliphatic carbocycles. The summed E-state index contributed by atoms with van der Waals surface area (Å²) in [6, 6.07) is 4.47. The Kier molecular flexibility index (Phi) is 6.03. The van der Waals surface area contributed by atoms with Crippen LogP contribution in [0.5, 0.6) is 0 Å². The number of carbonyl (C=O) groups is 1. The largest absolute Gasteiger partial charge is 0.469 e. The second-order valence-electron chi connectivity index (χ2n) is 5.26. The molecular weight excluding hydrogens is 238 g/mol. The predicted molar refractivity (Wildman–Crippen MR) is 78.5 cm³/mol. The molecular formula is C16H25NO2. The Hall–Kier alpha value is -1.35. The molecule has 0 unspecified atom stereocenters. The van der Waals surface area contributed by atoms with Gasteiger partial charge in [0.1, 0.15) is 0 Å². The summed E-state index contributed by atoms with van der Waals surface area (Å²) in [7, 11) is 3.48. The predicted octanol–water partition coefficient (Wildman–Crippen LogP) is 2.65. The van der Waals surface area contributed by atoms with Gasteiger partial charge in [-0.2, -0.15) is 0 Å². The molecule has 0 aliphatic rings. The molecule has 0 spiro atoms. The third-order valence-corrected chi connectivity index (χ3v) is 3.51. The third-order valence-electron chi connectivity index (χ3n) is 3.51. The van der Waals surface area contributed by atoms with Crippen LogP contribution in [-0.2, 0) is 16.0 Å². The summed E-state index contributed by atoms with van der Waals surface area (Å²) in [6.45, 7) is 8.18. The number of esters is 1. The lowest BCUT2D eigenvalue weighted by atomic mass is 9.97. The first-order valence-electron chi connectivity index (χ1n) is 6.76. The van der Waals surface area contributed by atoms with Gasteiger partial charge < -0.3 is 9.64 Å². The van der Waals surface area contributed by atoms with Crippen molar-refractivity contribution in [1.29, 1.82) is 0 Å². The van der Waals surface area contributed by atoms with Gasteiger partial charge in [0.05, 0.1) is 13.5 Å². The molecule has 0 saturated carbocycles. The molecule has 0 amide bonds. The highest BCUT2D eigenvalue weighted by Gasteiger charge is 2.07. The molecule has 3 nitrogen and oxygen atoms in total. The van der Waals surface area contributed by atoms with E-state index in [1.54, 1.807) is 0 Å². The number of likely N-dealkylation sites (N-methyl/N-ethyl adjacent to an activating group) is 1. The maximum absolute atomic E-state index is 11.1. The van der Waals surface area contributed by atoms with Crippen molar-refractivity contribution in [1.82, 2.24) is 4.90 Å². The van der Waals surface area contributed by atoms with Crippen LogP contribution in [0.3, 0.4) is 0 Å². The smallest absolute Gasteiger partial charge is 0.306 e. The number of ether oxygens (including phenoxy) is 1. The van der Waals surface area contributed by atoms with E-state index in [0.717, 1.165) is 19.5 Å². The van der Waals surface area contributed by atoms with Gasteiger partial charge in [-0.25, -0.2) is 0 Å². The van der Waals surface area contributed by atoms with E-state index < -0.39 is 0 Å². The average molecular weight is 263 g/mol. The van der Waals surface area contributed by atoms with Gasteiger partial charge >= 0.3 is 5.97 Å². The van der Waals surface area contributed by atoms with Crippen molar-refractivity contribution < 1.29 is 9.53 Å². The monoisotopic (exact) mass is 263 g/mol. The van der Waals surface area contributed by atoms with Crippen molar-refractivity contribution in [2.24, 2.45) is 0 Å². The van der Waals surface area contributed by atoms with Crippen LogP contribution in [0.1, 0.15) is 28.7 Å². The summed E-state index contributed by atoms with van der Waals surface area (Å²) >= 11 is 0. The summed E-state index contributed by atoms with van der Waals surface area (Å²) in [5.74, 6) is -0.144. The summed E-state index contributed by atoms with van der Waals surface area (Å²) in [6.07, 6.45) is 1.48. The lowest BCUT2D eigenvalue weighted by Crippen LogP contribution is -2.25. The first-order chi connectivity index (χ1) is 8.93. The first-order valence-corrected chi connectivity index (χ1v) is 6.76. The van der Waals surface area contributed by atoms with Crippen LogP contribution >= 0.6 is 0 Å². The number of methoxy groups -OCH3 is 1. The minimum Gasteiger partial charge on any atom is -0.469 e. The van der Waals surface area contributed by atoms with Crippen molar-refractivity contribution in [3.05, 3.63) is 34.4 Å². The van der Waals surface area contributed by atoms with Gasteiger partial charge in [0.25, 0.3) is 0 Å². The Balaban J connectivity index is 2.50. The van der Waals surface area contributed by atoms with Crippen molar-refractivity contribution in [3.8, 4) is 0 Å². The average Bonchev–Trinajstić information content (AvgIpc) is 2.34. The highest BCUT2D eigenvalue weighted by Crippen LogP contribution is 2.17. The normalized spacial score (nSPS) is 10.8. The summed E-state index contributed by atoms with van der Waals surface area (Å²) in [4.78, 5) is 13.3. The number of hydrogen-bond donors (Lipinski definition) is 0. The summed E-state index contributed by atoms with van der Waals surface area (Å²) in [5.41, 5.74) is 5.46. The third kappa shape index (κ3) is 5.03. The highest BCUT2D eigenvalue weighted by molar-refractivity contribution is 5.69. The van der Waals surface area contributed by atoms with E-state index >= 15 is 0 Å². The van der Waals surface area contributed by atoms with Crippen LogP contribution in [0.25, 0.3) is 0 Å². The maximum atomic E-state index is 11.1. The van der Waals surface area contributed by atoms with Gasteiger partial charge in [0.15, 0.2) is 0 Å². The van der Waals surface area contributed by atoms with Crippen LogP contribution in [0.15, 0.2) is 12.1 Å². The van der Waals surface area contributed by atoms with Gasteiger partial charge in [-0.05, 0) is 50.9 Å². The van der Waals surface area contributed by atoms with E-state index in [0.29, 0.717) is 6.42 Å². The second-order valence-corrected chi connectivity index (χ2v) is 5.26. The Morgan fingerprint density at radius 1 is 1.16 bits per heavy atom. The van der Waals surface area contributed by atoms with Gasteiger partial charge in [-0.1, -0.05) is 17.7 Å². The molecule has 1 aromatic carbocycles. The lowest BCUT2D eigenvalue weighted by Gasteiger charge is -2.18. The van der Waals surface area contributed by atoms with Crippen LogP contribution in [-0.4, -0.2) is 38.1 Å². The van der Waals surface area contributed by atoms with Gasteiger partial charge in [-0.3, -0.25) is 4.79 Å². The zero-order valence-corrected chi connectivity index (χ0v) is 12.7. The topological polar surface area (TPSA) is 29.5 Å². The van der Waals surface area contributed by atoms with Gasteiger partial charge in [0, 0.05) is 13.1 Å². The van der Waals surface area contributed by atoms with Crippen molar-refractivity contribution in [2.75, 3.05) is 27.2 Å². The van der Waals surface area contributed by atoms with E-state index in [1.807, 2.05) is 7.05 Å². The number of rotatable bonds is 6. The van der Waals surface area contributed by atoms with Crippen molar-refractivity contribution in [3.63, 3.8) is 0 Å². The summed E-state index contributed by atoms with van der Waals surface area (Å²) in [5, 5.41) is 0. The van der Waals surface area contributed by atoms with E-state index in [9.17, 15) is 4.79 Å². The molecule has 0 radical (unpaired) electrons. The number of nitrogens with zero attached hydrogens (tertiary/aromatic N) is 1. The maximum Gasteiger partial charge on any atom is 0.306 e. The molecule has 0 fully saturated rings. The van der Waals surface area contributed by atoms with Crippen LogP contribution in [0, 0.1) is 20.8 Å². The number of aryl methyl sites for hydroxylation is 3. The molecule has 0 aromatic heterocycles. The molecule has 0 heterocycles. The Labute approximate surface area is 116 Å². The first kappa shape index (κ1) is 15.7. The zero-order chi connectivity index (χ0) is 14.4. The van der Waals surface area contributed by atoms with E-state index in [1.165, 1.54) is 29.4 Å². The molecule has 3 heteroatoms. The zero-order valence-electron chi connectivity index (χ0n) is 12.7. The van der Waals surface area contributed by atoms with Gasteiger partial charge in [0.2, 0.25) is 0 Å². The fourth-order valence-electron chi connectivity index (χ4n) is 2.40. The minimum atomic E-state index is -0.144. The minimum absolute atomic E-state index is 0.144. The summed E-state index contributed by atoms with van der Waals surface area (Å²) < 4.78 is 4.65.